The highest BCUT2D eigenvalue weighted by Gasteiger charge is 2.34. The third-order valence-corrected chi connectivity index (χ3v) is 9.92. The Morgan fingerprint density at radius 1 is 0.422 bits per heavy atom. The summed E-state index contributed by atoms with van der Waals surface area (Å²) in [6.07, 6.45) is -9.23. The van der Waals surface area contributed by atoms with E-state index in [1.165, 1.54) is 12.1 Å². The lowest BCUT2D eigenvalue weighted by molar-refractivity contribution is -0.138. The average molecular weight is 914 g/mol. The summed E-state index contributed by atoms with van der Waals surface area (Å²) in [4.78, 5) is 24.4. The van der Waals surface area contributed by atoms with Crippen molar-refractivity contribution in [1.82, 2.24) is 20.4 Å². The Kier molecular flexibility index (Phi) is 13.4. The number of carbonyl (C=O) groups excluding carboxylic acids is 2. The molecule has 2 aromatic heterocycles. The maximum absolute atomic E-state index is 13.0. The van der Waals surface area contributed by atoms with Crippen molar-refractivity contribution < 1.29 is 35.9 Å². The molecule has 0 atom stereocenters. The molecule has 8 rings (SSSR count). The number of rotatable bonds is 8. The van der Waals surface area contributed by atoms with Gasteiger partial charge in [-0.3, -0.25) is 10.2 Å². The zero-order valence-electron chi connectivity index (χ0n) is 32.7. The summed E-state index contributed by atoms with van der Waals surface area (Å²) in [5.74, 6) is 0. The first-order chi connectivity index (χ1) is 30.6. The van der Waals surface area contributed by atoms with Crippen LogP contribution in [-0.4, -0.2) is 32.5 Å². The van der Waals surface area contributed by atoms with Crippen molar-refractivity contribution in [1.29, 1.82) is 0 Å². The topological polar surface area (TPSA) is 140 Å². The van der Waals surface area contributed by atoms with E-state index in [0.717, 1.165) is 69.3 Å². The summed E-state index contributed by atoms with van der Waals surface area (Å²) in [5.41, 5.74) is 5.78. The van der Waals surface area contributed by atoms with Crippen LogP contribution in [-0.2, 0) is 12.4 Å². The van der Waals surface area contributed by atoms with Crippen LogP contribution in [0.25, 0.3) is 45.0 Å². The first kappa shape index (κ1) is 44.5. The maximum atomic E-state index is 13.0. The number of carbonyl (C=O) groups is 2. The first-order valence-electron chi connectivity index (χ1n) is 18.9. The maximum Gasteiger partial charge on any atom is 0.417 e. The lowest BCUT2D eigenvalue weighted by atomic mass is 10.1. The van der Waals surface area contributed by atoms with E-state index < -0.39 is 45.6 Å². The van der Waals surface area contributed by atoms with Crippen molar-refractivity contribution in [2.75, 3.05) is 21.3 Å². The van der Waals surface area contributed by atoms with Gasteiger partial charge in [0.25, 0.3) is 0 Å². The van der Waals surface area contributed by atoms with Gasteiger partial charge in [-0.15, -0.1) is 0 Å². The third kappa shape index (κ3) is 11.5. The van der Waals surface area contributed by atoms with E-state index >= 15 is 0 Å². The zero-order valence-corrected chi connectivity index (χ0v) is 34.3. The zero-order chi connectivity index (χ0) is 45.4. The fraction of sp³-hybridized carbons (Fsp3) is 0.0435. The molecule has 324 valence electrons. The summed E-state index contributed by atoms with van der Waals surface area (Å²) in [5, 5.41) is 23.6. The van der Waals surface area contributed by atoms with Gasteiger partial charge in [0.05, 0.1) is 43.9 Å². The van der Waals surface area contributed by atoms with Gasteiger partial charge in [-0.05, 0) is 83.9 Å². The molecule has 0 spiro atoms. The number of H-pyrrole nitrogens is 2. The molecule has 0 unspecified atom stereocenters. The van der Waals surface area contributed by atoms with E-state index in [0.29, 0.717) is 11.4 Å². The molecule has 0 aliphatic heterocycles. The van der Waals surface area contributed by atoms with Crippen LogP contribution in [0.15, 0.2) is 158 Å². The summed E-state index contributed by atoms with van der Waals surface area (Å²) < 4.78 is 77.8. The largest absolute Gasteiger partial charge is 0.417 e. The normalized spacial score (nSPS) is 11.2. The fourth-order valence-corrected chi connectivity index (χ4v) is 6.60. The number of benzene rings is 6. The summed E-state index contributed by atoms with van der Waals surface area (Å²) in [7, 11) is 0. The van der Waals surface area contributed by atoms with E-state index in [-0.39, 0.29) is 11.4 Å². The highest BCUT2D eigenvalue weighted by molar-refractivity contribution is 6.32. The Morgan fingerprint density at radius 3 is 1.09 bits per heavy atom. The Morgan fingerprint density at radius 2 is 0.750 bits per heavy atom. The number of hydrogen-bond acceptors (Lipinski definition) is 4. The Balaban J connectivity index is 0.000000191. The van der Waals surface area contributed by atoms with Crippen LogP contribution in [0.5, 0.6) is 0 Å². The Hall–Kier alpha value is -7.56. The lowest BCUT2D eigenvalue weighted by Crippen LogP contribution is -2.19. The van der Waals surface area contributed by atoms with Crippen LogP contribution in [0.3, 0.4) is 0 Å². The predicted molar refractivity (Wildman–Crippen MR) is 237 cm³/mol. The molecule has 0 radical (unpaired) electrons. The number of anilines is 4. The molecule has 64 heavy (non-hydrogen) atoms. The van der Waals surface area contributed by atoms with Gasteiger partial charge in [0, 0.05) is 33.9 Å². The molecule has 0 saturated heterocycles. The number of alkyl halides is 6. The molecule has 0 aliphatic carbocycles. The lowest BCUT2D eigenvalue weighted by Gasteiger charge is -2.12. The molecule has 6 aromatic carbocycles. The van der Waals surface area contributed by atoms with Gasteiger partial charge in [-0.1, -0.05) is 108 Å². The number of aromatic nitrogens is 4. The van der Waals surface area contributed by atoms with Crippen LogP contribution in [0.4, 0.5) is 58.7 Å². The van der Waals surface area contributed by atoms with Crippen LogP contribution in [0.2, 0.25) is 10.0 Å². The van der Waals surface area contributed by atoms with Crippen molar-refractivity contribution in [3.8, 4) is 45.0 Å². The number of amides is 4. The summed E-state index contributed by atoms with van der Waals surface area (Å²) >= 11 is 11.2. The van der Waals surface area contributed by atoms with Gasteiger partial charge in [0.15, 0.2) is 0 Å². The quantitative estimate of drug-likeness (QED) is 0.0845. The van der Waals surface area contributed by atoms with E-state index in [2.05, 4.69) is 41.7 Å². The van der Waals surface area contributed by atoms with E-state index in [1.807, 2.05) is 72.8 Å². The minimum atomic E-state index is -4.62. The molecule has 18 heteroatoms. The van der Waals surface area contributed by atoms with Gasteiger partial charge in [-0.25, -0.2) is 9.59 Å². The summed E-state index contributed by atoms with van der Waals surface area (Å²) in [6, 6.07) is 42.2. The number of aromatic amines is 2. The molecule has 2 heterocycles. The van der Waals surface area contributed by atoms with Crippen molar-refractivity contribution in [3.05, 3.63) is 179 Å². The molecular weight excluding hydrogens is 881 g/mol. The van der Waals surface area contributed by atoms with Gasteiger partial charge in [-0.2, -0.15) is 36.5 Å². The van der Waals surface area contributed by atoms with Crippen molar-refractivity contribution in [3.63, 3.8) is 0 Å². The number of hydrogen-bond donors (Lipinski definition) is 6. The number of halogens is 8. The Bertz CT molecular complexity index is 2670. The number of nitrogens with zero attached hydrogens (tertiary/aromatic N) is 2. The third-order valence-electron chi connectivity index (χ3n) is 9.26. The minimum absolute atomic E-state index is 0.0262. The molecular formula is C46H32Cl2F6N8O2. The SMILES string of the molecule is O=C(Nc1ccc(-c2cc(-c3ccccc3)n[nH]2)cc1)Nc1ccc(Cl)c(C(F)(F)F)c1.O=C(Nc1ccc(-c2cc(-c3ccccc3)n[nH]2)cc1)Nc1ccc(Cl)c(C(F)(F)F)c1. The van der Waals surface area contributed by atoms with E-state index in [9.17, 15) is 35.9 Å². The second-order valence-electron chi connectivity index (χ2n) is 13.8. The summed E-state index contributed by atoms with van der Waals surface area (Å²) in [6.45, 7) is 0. The van der Waals surface area contributed by atoms with Gasteiger partial charge in [0.2, 0.25) is 0 Å². The second kappa shape index (κ2) is 19.2. The smallest absolute Gasteiger partial charge is 0.308 e. The van der Waals surface area contributed by atoms with Crippen molar-refractivity contribution >= 4 is 58.0 Å². The van der Waals surface area contributed by atoms with Crippen LogP contribution >= 0.6 is 23.2 Å². The van der Waals surface area contributed by atoms with Gasteiger partial charge < -0.3 is 21.3 Å². The fourth-order valence-electron chi connectivity index (χ4n) is 6.15. The highest BCUT2D eigenvalue weighted by Crippen LogP contribution is 2.37. The van der Waals surface area contributed by atoms with Crippen molar-refractivity contribution in [2.45, 2.75) is 12.4 Å². The van der Waals surface area contributed by atoms with Gasteiger partial charge >= 0.3 is 24.4 Å². The predicted octanol–water partition coefficient (Wildman–Crippen LogP) is 14.1. The van der Waals surface area contributed by atoms with Gasteiger partial charge in [0.1, 0.15) is 0 Å². The highest BCUT2D eigenvalue weighted by atomic mass is 35.5. The number of urea groups is 2. The Labute approximate surface area is 370 Å². The second-order valence-corrected chi connectivity index (χ2v) is 14.6. The molecule has 0 saturated carbocycles. The van der Waals surface area contributed by atoms with Crippen LogP contribution < -0.4 is 21.3 Å². The average Bonchev–Trinajstić information content (AvgIpc) is 3.98. The van der Waals surface area contributed by atoms with Crippen molar-refractivity contribution in [2.24, 2.45) is 0 Å². The molecule has 10 nitrogen and oxygen atoms in total. The first-order valence-corrected chi connectivity index (χ1v) is 19.7. The molecule has 0 aliphatic rings. The monoisotopic (exact) mass is 912 g/mol. The number of nitrogens with one attached hydrogen (secondary N) is 6. The van der Waals surface area contributed by atoms with Crippen LogP contribution in [0.1, 0.15) is 11.1 Å². The molecule has 0 fully saturated rings. The minimum Gasteiger partial charge on any atom is -0.308 e. The molecule has 4 amide bonds. The standard InChI is InChI=1S/2C23H16ClF3N4O/c2*24-19-11-10-17(12-18(19)23(25,26)27)29-22(32)28-16-8-6-15(7-9-16)21-13-20(30-31-21)14-4-2-1-3-5-14/h2*1-13H,(H,30,31)(H2,28,29,32). The molecule has 8 aromatic rings. The molecule has 0 bridgehead atoms. The van der Waals surface area contributed by atoms with Crippen LogP contribution in [0, 0.1) is 0 Å². The van der Waals surface area contributed by atoms with E-state index in [4.69, 9.17) is 23.2 Å². The molecule has 6 N–H and O–H groups in total. The van der Waals surface area contributed by atoms with E-state index in [1.54, 1.807) is 48.5 Å².